The zero-order valence-electron chi connectivity index (χ0n) is 12.4. The minimum atomic E-state index is 0.815. The molecule has 0 saturated carbocycles. The summed E-state index contributed by atoms with van der Waals surface area (Å²) in [4.78, 5) is 7.01. The van der Waals surface area contributed by atoms with E-state index in [4.69, 9.17) is 9.72 Å². The highest BCUT2D eigenvalue weighted by atomic mass is 32.1. The third kappa shape index (κ3) is 4.40. The Hall–Kier alpha value is -1.23. The van der Waals surface area contributed by atoms with Gasteiger partial charge in [0.05, 0.1) is 5.69 Å². The summed E-state index contributed by atoms with van der Waals surface area (Å²) in [6.45, 7) is 4.85. The van der Waals surface area contributed by atoms with Crippen molar-refractivity contribution in [3.63, 3.8) is 0 Å². The van der Waals surface area contributed by atoms with E-state index in [2.05, 4.69) is 48.5 Å². The van der Waals surface area contributed by atoms with E-state index in [-0.39, 0.29) is 0 Å². The summed E-state index contributed by atoms with van der Waals surface area (Å²) in [6.07, 6.45) is 1.06. The van der Waals surface area contributed by atoms with Gasteiger partial charge in [0.2, 0.25) is 0 Å². The summed E-state index contributed by atoms with van der Waals surface area (Å²) in [5.41, 5.74) is 3.63. The molecule has 0 atom stereocenters. The summed E-state index contributed by atoms with van der Waals surface area (Å²) < 4.78 is 5.07. The van der Waals surface area contributed by atoms with Crippen LogP contribution in [0.3, 0.4) is 0 Å². The molecule has 0 unspecified atom stereocenters. The number of benzene rings is 1. The summed E-state index contributed by atoms with van der Waals surface area (Å²) >= 11 is 1.72. The molecule has 1 heterocycles. The molecule has 1 aromatic heterocycles. The van der Waals surface area contributed by atoms with Crippen LogP contribution >= 0.6 is 11.3 Å². The first-order valence-electron chi connectivity index (χ1n) is 6.88. The largest absolute Gasteiger partial charge is 0.385 e. The topological polar surface area (TPSA) is 25.4 Å². The van der Waals surface area contributed by atoms with E-state index in [1.165, 1.54) is 11.1 Å². The second-order valence-electron chi connectivity index (χ2n) is 5.09. The monoisotopic (exact) mass is 290 g/mol. The van der Waals surface area contributed by atoms with E-state index in [1.807, 2.05) is 0 Å². The van der Waals surface area contributed by atoms with Crippen molar-refractivity contribution >= 4 is 11.3 Å². The lowest BCUT2D eigenvalue weighted by Gasteiger charge is -2.14. The quantitative estimate of drug-likeness (QED) is 0.729. The first-order chi connectivity index (χ1) is 9.69. The van der Waals surface area contributed by atoms with E-state index in [9.17, 15) is 0 Å². The fourth-order valence-corrected chi connectivity index (χ4v) is 2.86. The lowest BCUT2D eigenvalue weighted by Crippen LogP contribution is -2.20. The van der Waals surface area contributed by atoms with Crippen LogP contribution < -0.4 is 0 Å². The van der Waals surface area contributed by atoms with Gasteiger partial charge in [0.15, 0.2) is 0 Å². The number of hydrogen-bond donors (Lipinski definition) is 0. The van der Waals surface area contributed by atoms with Crippen molar-refractivity contribution in [2.45, 2.75) is 19.9 Å². The summed E-state index contributed by atoms with van der Waals surface area (Å²) in [7, 11) is 3.87. The number of aryl methyl sites for hydroxylation is 1. The average Bonchev–Trinajstić information content (AvgIpc) is 2.88. The van der Waals surface area contributed by atoms with Gasteiger partial charge in [0, 0.05) is 37.7 Å². The van der Waals surface area contributed by atoms with E-state index >= 15 is 0 Å². The van der Waals surface area contributed by atoms with Crippen LogP contribution in [0.5, 0.6) is 0 Å². The average molecular weight is 290 g/mol. The Morgan fingerprint density at radius 3 is 2.70 bits per heavy atom. The van der Waals surface area contributed by atoms with Crippen LogP contribution in [-0.2, 0) is 11.3 Å². The van der Waals surface area contributed by atoms with Crippen molar-refractivity contribution < 1.29 is 4.74 Å². The standard InChI is InChI=1S/C16H22N2OS/c1-13-5-7-14(8-6-13)16-17-15(12-20-16)11-18(2)9-4-10-19-3/h5-8,12H,4,9-11H2,1-3H3. The lowest BCUT2D eigenvalue weighted by molar-refractivity contribution is 0.178. The fourth-order valence-electron chi connectivity index (χ4n) is 2.04. The van der Waals surface area contributed by atoms with Crippen LogP contribution in [0.4, 0.5) is 0 Å². The van der Waals surface area contributed by atoms with Crippen molar-refractivity contribution in [1.82, 2.24) is 9.88 Å². The van der Waals surface area contributed by atoms with Gasteiger partial charge in [-0.05, 0) is 20.4 Å². The molecule has 20 heavy (non-hydrogen) atoms. The van der Waals surface area contributed by atoms with Gasteiger partial charge in [-0.3, -0.25) is 0 Å². The highest BCUT2D eigenvalue weighted by Crippen LogP contribution is 2.24. The second-order valence-corrected chi connectivity index (χ2v) is 5.95. The first-order valence-corrected chi connectivity index (χ1v) is 7.76. The molecule has 3 nitrogen and oxygen atoms in total. The van der Waals surface area contributed by atoms with Gasteiger partial charge in [0.1, 0.15) is 5.01 Å². The molecular weight excluding hydrogens is 268 g/mol. The molecule has 2 aromatic rings. The Balaban J connectivity index is 1.93. The minimum absolute atomic E-state index is 0.815. The Kier molecular flexibility index (Phi) is 5.71. The number of rotatable bonds is 7. The summed E-state index contributed by atoms with van der Waals surface area (Å²) in [6, 6.07) is 8.54. The molecule has 0 saturated heterocycles. The fraction of sp³-hybridized carbons (Fsp3) is 0.438. The van der Waals surface area contributed by atoms with E-state index < -0.39 is 0 Å². The smallest absolute Gasteiger partial charge is 0.123 e. The molecule has 0 N–H and O–H groups in total. The van der Waals surface area contributed by atoms with Gasteiger partial charge in [-0.2, -0.15) is 0 Å². The van der Waals surface area contributed by atoms with Crippen LogP contribution in [0.15, 0.2) is 29.6 Å². The van der Waals surface area contributed by atoms with Gasteiger partial charge < -0.3 is 9.64 Å². The van der Waals surface area contributed by atoms with Crippen LogP contribution in [0.2, 0.25) is 0 Å². The van der Waals surface area contributed by atoms with Gasteiger partial charge in [0.25, 0.3) is 0 Å². The zero-order chi connectivity index (χ0) is 14.4. The molecule has 0 radical (unpaired) electrons. The maximum atomic E-state index is 5.07. The molecular formula is C16H22N2OS. The molecule has 0 amide bonds. The number of nitrogens with zero attached hydrogens (tertiary/aromatic N) is 2. The Bertz CT molecular complexity index is 522. The van der Waals surface area contributed by atoms with Crippen molar-refractivity contribution in [3.05, 3.63) is 40.9 Å². The van der Waals surface area contributed by atoms with Crippen molar-refractivity contribution in [1.29, 1.82) is 0 Å². The molecule has 4 heteroatoms. The van der Waals surface area contributed by atoms with Crippen LogP contribution in [0.1, 0.15) is 17.7 Å². The SMILES string of the molecule is COCCCN(C)Cc1csc(-c2ccc(C)cc2)n1. The van der Waals surface area contributed by atoms with Gasteiger partial charge >= 0.3 is 0 Å². The molecule has 0 fully saturated rings. The highest BCUT2D eigenvalue weighted by molar-refractivity contribution is 7.13. The van der Waals surface area contributed by atoms with Crippen LogP contribution in [0, 0.1) is 6.92 Å². The number of hydrogen-bond acceptors (Lipinski definition) is 4. The van der Waals surface area contributed by atoms with Gasteiger partial charge in [-0.15, -0.1) is 11.3 Å². The predicted octanol–water partition coefficient (Wildman–Crippen LogP) is 3.59. The maximum absolute atomic E-state index is 5.07. The van der Waals surface area contributed by atoms with Crippen molar-refractivity contribution in [3.8, 4) is 10.6 Å². The van der Waals surface area contributed by atoms with Crippen molar-refractivity contribution in [2.24, 2.45) is 0 Å². The Morgan fingerprint density at radius 1 is 1.25 bits per heavy atom. The summed E-state index contributed by atoms with van der Waals surface area (Å²) in [5, 5.41) is 3.26. The van der Waals surface area contributed by atoms with Crippen LogP contribution in [0.25, 0.3) is 10.6 Å². The molecule has 0 aliphatic rings. The maximum Gasteiger partial charge on any atom is 0.123 e. The van der Waals surface area contributed by atoms with Crippen LogP contribution in [-0.4, -0.2) is 37.2 Å². The number of ether oxygens (including phenoxy) is 1. The third-order valence-corrected chi connectivity index (χ3v) is 4.11. The number of aromatic nitrogens is 1. The molecule has 1 aromatic carbocycles. The lowest BCUT2D eigenvalue weighted by atomic mass is 10.2. The normalized spacial score (nSPS) is 11.2. The molecule has 0 aliphatic carbocycles. The van der Waals surface area contributed by atoms with E-state index in [0.717, 1.165) is 36.8 Å². The predicted molar refractivity (Wildman–Crippen MR) is 85.1 cm³/mol. The van der Waals surface area contributed by atoms with E-state index in [0.29, 0.717) is 0 Å². The Labute approximate surface area is 125 Å². The molecule has 0 spiro atoms. The van der Waals surface area contributed by atoms with Gasteiger partial charge in [-0.1, -0.05) is 29.8 Å². The third-order valence-electron chi connectivity index (χ3n) is 3.17. The first kappa shape index (κ1) is 15.2. The number of methoxy groups -OCH3 is 1. The molecule has 2 rings (SSSR count). The molecule has 0 aliphatic heterocycles. The molecule has 108 valence electrons. The highest BCUT2D eigenvalue weighted by Gasteiger charge is 2.07. The van der Waals surface area contributed by atoms with Gasteiger partial charge in [-0.25, -0.2) is 4.98 Å². The summed E-state index contributed by atoms with van der Waals surface area (Å²) in [5.74, 6) is 0. The minimum Gasteiger partial charge on any atom is -0.385 e. The zero-order valence-corrected chi connectivity index (χ0v) is 13.2. The Morgan fingerprint density at radius 2 is 2.00 bits per heavy atom. The van der Waals surface area contributed by atoms with Crippen molar-refractivity contribution in [2.75, 3.05) is 27.3 Å². The number of thiazole rings is 1. The molecule has 0 bridgehead atoms. The van der Waals surface area contributed by atoms with E-state index in [1.54, 1.807) is 18.4 Å². The second kappa shape index (κ2) is 7.53.